The Hall–Kier alpha value is -0.380. The second-order valence-electron chi connectivity index (χ2n) is 4.56. The molecule has 3 heteroatoms. The molecule has 1 aromatic rings. The van der Waals surface area contributed by atoms with Crippen molar-refractivity contribution in [3.05, 3.63) is 34.3 Å². The Morgan fingerprint density at radius 1 is 1.33 bits per heavy atom. The van der Waals surface area contributed by atoms with Gasteiger partial charge in [-0.05, 0) is 57.3 Å². The van der Waals surface area contributed by atoms with Gasteiger partial charge in [-0.25, -0.2) is 0 Å². The summed E-state index contributed by atoms with van der Waals surface area (Å²) in [6.07, 6.45) is 3.47. The van der Waals surface area contributed by atoms with Crippen molar-refractivity contribution in [1.82, 2.24) is 5.32 Å². The molecule has 0 spiro atoms. The van der Waals surface area contributed by atoms with E-state index in [0.717, 1.165) is 32.6 Å². The van der Waals surface area contributed by atoms with Crippen molar-refractivity contribution in [3.8, 4) is 0 Å². The van der Waals surface area contributed by atoms with Crippen LogP contribution in [0.5, 0.6) is 0 Å². The van der Waals surface area contributed by atoms with E-state index in [9.17, 15) is 0 Å². The number of hydrogen-bond donors (Lipinski definition) is 1. The van der Waals surface area contributed by atoms with Gasteiger partial charge in [0.1, 0.15) is 0 Å². The average molecular weight is 314 g/mol. The number of benzene rings is 1. The normalized spacial score (nSPS) is 12.6. The maximum Gasteiger partial charge on any atom is 0.0466 e. The van der Waals surface area contributed by atoms with Crippen LogP contribution in [0.1, 0.15) is 25.3 Å². The van der Waals surface area contributed by atoms with E-state index in [2.05, 4.69) is 45.5 Å². The first-order valence-electron chi connectivity index (χ1n) is 6.73. The molecule has 0 saturated carbocycles. The molecular weight excluding hydrogens is 290 g/mol. The third kappa shape index (κ3) is 5.98. The first-order valence-corrected chi connectivity index (χ1v) is 7.53. The van der Waals surface area contributed by atoms with Crippen LogP contribution >= 0.6 is 15.9 Å². The van der Waals surface area contributed by atoms with Gasteiger partial charge in [0.25, 0.3) is 0 Å². The Kier molecular flexibility index (Phi) is 8.31. The third-order valence-electron chi connectivity index (χ3n) is 3.06. The van der Waals surface area contributed by atoms with Crippen LogP contribution in [0.2, 0.25) is 0 Å². The van der Waals surface area contributed by atoms with E-state index in [4.69, 9.17) is 4.74 Å². The summed E-state index contributed by atoms with van der Waals surface area (Å²) < 4.78 is 6.62. The van der Waals surface area contributed by atoms with Crippen LogP contribution in [0, 0.1) is 5.92 Å². The fraction of sp³-hybridized carbons (Fsp3) is 0.600. The van der Waals surface area contributed by atoms with E-state index in [-0.39, 0.29) is 0 Å². The zero-order valence-corrected chi connectivity index (χ0v) is 13.0. The highest BCUT2D eigenvalue weighted by Gasteiger charge is 2.10. The molecule has 1 rings (SSSR count). The summed E-state index contributed by atoms with van der Waals surface area (Å²) in [6.45, 7) is 4.81. The van der Waals surface area contributed by atoms with Gasteiger partial charge in [-0.1, -0.05) is 34.1 Å². The lowest BCUT2D eigenvalue weighted by Gasteiger charge is -2.17. The smallest absolute Gasteiger partial charge is 0.0466 e. The van der Waals surface area contributed by atoms with Gasteiger partial charge in [0, 0.05) is 17.7 Å². The first-order chi connectivity index (χ1) is 8.77. The van der Waals surface area contributed by atoms with Gasteiger partial charge in [0.05, 0.1) is 0 Å². The van der Waals surface area contributed by atoms with E-state index in [1.165, 1.54) is 16.5 Å². The van der Waals surface area contributed by atoms with Crippen LogP contribution in [-0.2, 0) is 11.2 Å². The SMILES string of the molecule is CCOCCCC(CNC)Cc1ccccc1Br. The van der Waals surface area contributed by atoms with Gasteiger partial charge >= 0.3 is 0 Å². The number of ether oxygens (including phenoxy) is 1. The summed E-state index contributed by atoms with van der Waals surface area (Å²) in [4.78, 5) is 0. The number of hydrogen-bond acceptors (Lipinski definition) is 2. The Labute approximate surface area is 119 Å². The number of halogens is 1. The van der Waals surface area contributed by atoms with Gasteiger partial charge in [-0.3, -0.25) is 0 Å². The van der Waals surface area contributed by atoms with Crippen molar-refractivity contribution in [1.29, 1.82) is 0 Å². The molecule has 0 fully saturated rings. The van der Waals surface area contributed by atoms with Crippen LogP contribution in [0.25, 0.3) is 0 Å². The van der Waals surface area contributed by atoms with Crippen molar-refractivity contribution < 1.29 is 4.74 Å². The van der Waals surface area contributed by atoms with Crippen molar-refractivity contribution >= 4 is 15.9 Å². The molecule has 0 bridgehead atoms. The molecule has 0 radical (unpaired) electrons. The minimum atomic E-state index is 0.675. The lowest BCUT2D eigenvalue weighted by Crippen LogP contribution is -2.21. The Balaban J connectivity index is 2.44. The van der Waals surface area contributed by atoms with E-state index < -0.39 is 0 Å². The Morgan fingerprint density at radius 2 is 2.11 bits per heavy atom. The molecule has 2 nitrogen and oxygen atoms in total. The van der Waals surface area contributed by atoms with Crippen LogP contribution in [-0.4, -0.2) is 26.8 Å². The monoisotopic (exact) mass is 313 g/mol. The van der Waals surface area contributed by atoms with Crippen molar-refractivity contribution in [2.24, 2.45) is 5.92 Å². The van der Waals surface area contributed by atoms with Gasteiger partial charge in [0.2, 0.25) is 0 Å². The first kappa shape index (κ1) is 15.7. The van der Waals surface area contributed by atoms with E-state index >= 15 is 0 Å². The lowest BCUT2D eigenvalue weighted by atomic mass is 9.95. The van der Waals surface area contributed by atoms with Crippen molar-refractivity contribution in [2.75, 3.05) is 26.8 Å². The molecule has 0 aromatic heterocycles. The quantitative estimate of drug-likeness (QED) is 0.703. The topological polar surface area (TPSA) is 21.3 Å². The predicted molar refractivity (Wildman–Crippen MR) is 81.0 cm³/mol. The number of nitrogens with one attached hydrogen (secondary N) is 1. The summed E-state index contributed by atoms with van der Waals surface area (Å²) in [6, 6.07) is 8.49. The second-order valence-corrected chi connectivity index (χ2v) is 5.41. The molecule has 1 unspecified atom stereocenters. The average Bonchev–Trinajstić information content (AvgIpc) is 2.37. The van der Waals surface area contributed by atoms with E-state index in [0.29, 0.717) is 5.92 Å². The highest BCUT2D eigenvalue weighted by atomic mass is 79.9. The summed E-state index contributed by atoms with van der Waals surface area (Å²) in [5, 5.41) is 3.29. The van der Waals surface area contributed by atoms with Crippen molar-refractivity contribution in [3.63, 3.8) is 0 Å². The standard InChI is InChI=1S/C15H24BrNO/c1-3-18-10-6-7-13(12-17-2)11-14-8-4-5-9-15(14)16/h4-5,8-9,13,17H,3,6-7,10-12H2,1-2H3. The van der Waals surface area contributed by atoms with E-state index in [1.54, 1.807) is 0 Å². The van der Waals surface area contributed by atoms with Crippen LogP contribution in [0.3, 0.4) is 0 Å². The molecule has 0 heterocycles. The van der Waals surface area contributed by atoms with Gasteiger partial charge < -0.3 is 10.1 Å². The molecule has 1 atom stereocenters. The molecule has 1 N–H and O–H groups in total. The molecular formula is C15H24BrNO. The molecule has 0 aliphatic carbocycles. The van der Waals surface area contributed by atoms with Crippen LogP contribution < -0.4 is 5.32 Å². The van der Waals surface area contributed by atoms with Crippen LogP contribution in [0.15, 0.2) is 28.7 Å². The molecule has 102 valence electrons. The molecule has 0 saturated heterocycles. The zero-order chi connectivity index (χ0) is 13.2. The molecule has 0 aliphatic rings. The number of rotatable bonds is 9. The summed E-state index contributed by atoms with van der Waals surface area (Å²) >= 11 is 3.62. The maximum atomic E-state index is 5.41. The van der Waals surface area contributed by atoms with Gasteiger partial charge in [-0.2, -0.15) is 0 Å². The highest BCUT2D eigenvalue weighted by Crippen LogP contribution is 2.21. The summed E-state index contributed by atoms with van der Waals surface area (Å²) in [7, 11) is 2.02. The maximum absolute atomic E-state index is 5.41. The summed E-state index contributed by atoms with van der Waals surface area (Å²) in [5.41, 5.74) is 1.40. The van der Waals surface area contributed by atoms with Gasteiger partial charge in [-0.15, -0.1) is 0 Å². The predicted octanol–water partition coefficient (Wildman–Crippen LogP) is 3.64. The molecule has 0 amide bonds. The second kappa shape index (κ2) is 9.54. The van der Waals surface area contributed by atoms with Gasteiger partial charge in [0.15, 0.2) is 0 Å². The largest absolute Gasteiger partial charge is 0.382 e. The van der Waals surface area contributed by atoms with E-state index in [1.807, 2.05) is 14.0 Å². The zero-order valence-electron chi connectivity index (χ0n) is 11.4. The lowest BCUT2D eigenvalue weighted by molar-refractivity contribution is 0.139. The minimum absolute atomic E-state index is 0.675. The highest BCUT2D eigenvalue weighted by molar-refractivity contribution is 9.10. The Bertz CT molecular complexity index is 330. The van der Waals surface area contributed by atoms with Crippen LogP contribution in [0.4, 0.5) is 0 Å². The fourth-order valence-corrected chi connectivity index (χ4v) is 2.60. The minimum Gasteiger partial charge on any atom is -0.382 e. The molecule has 18 heavy (non-hydrogen) atoms. The summed E-state index contributed by atoms with van der Waals surface area (Å²) in [5.74, 6) is 0.675. The molecule has 0 aliphatic heterocycles. The third-order valence-corrected chi connectivity index (χ3v) is 3.84. The fourth-order valence-electron chi connectivity index (χ4n) is 2.16. The molecule has 1 aromatic carbocycles. The Morgan fingerprint density at radius 3 is 2.78 bits per heavy atom. The van der Waals surface area contributed by atoms with Crippen molar-refractivity contribution in [2.45, 2.75) is 26.2 Å².